The second kappa shape index (κ2) is 3.98. The van der Waals surface area contributed by atoms with E-state index in [4.69, 9.17) is 5.26 Å². The molecule has 0 N–H and O–H groups in total. The summed E-state index contributed by atoms with van der Waals surface area (Å²) in [6, 6.07) is 2.04. The molecule has 2 rings (SSSR count). The van der Waals surface area contributed by atoms with Crippen LogP contribution in [0.2, 0.25) is 0 Å². The van der Waals surface area contributed by atoms with Crippen molar-refractivity contribution in [3.8, 4) is 11.2 Å². The fraction of sp³-hybridized carbons (Fsp3) is 0.444. The Labute approximate surface area is 96.5 Å². The van der Waals surface area contributed by atoms with E-state index in [1.807, 2.05) is 26.8 Å². The zero-order valence-electron chi connectivity index (χ0n) is 9.17. The molecule has 0 saturated heterocycles. The lowest BCUT2D eigenvalue weighted by Gasteiger charge is -2.04. The Bertz CT molecular complexity index is 547. The van der Waals surface area contributed by atoms with Gasteiger partial charge in [-0.3, -0.25) is 0 Å². The first kappa shape index (κ1) is 10.7. The molecule has 0 radical (unpaired) electrons. The first-order valence-electron chi connectivity index (χ1n) is 4.79. The number of hydrogen-bond donors (Lipinski definition) is 0. The summed E-state index contributed by atoms with van der Waals surface area (Å²) < 4.78 is 1.59. The fourth-order valence-electron chi connectivity index (χ4n) is 1.40. The van der Waals surface area contributed by atoms with Crippen LogP contribution < -0.4 is 0 Å². The first-order valence-corrected chi connectivity index (χ1v) is 5.61. The van der Waals surface area contributed by atoms with Crippen molar-refractivity contribution in [2.75, 3.05) is 0 Å². The third kappa shape index (κ3) is 1.67. The van der Waals surface area contributed by atoms with Gasteiger partial charge in [-0.25, -0.2) is 0 Å². The maximum absolute atomic E-state index is 8.93. The minimum Gasteiger partial charge on any atom is -0.191 e. The van der Waals surface area contributed by atoms with Gasteiger partial charge in [0.25, 0.3) is 0 Å². The molecule has 0 spiro atoms. The van der Waals surface area contributed by atoms with Crippen LogP contribution >= 0.6 is 11.3 Å². The van der Waals surface area contributed by atoms with Gasteiger partial charge in [0.15, 0.2) is 5.69 Å². The van der Waals surface area contributed by atoms with E-state index in [0.717, 1.165) is 10.7 Å². The van der Waals surface area contributed by atoms with E-state index in [2.05, 4.69) is 20.5 Å². The van der Waals surface area contributed by atoms with Crippen LogP contribution in [0.4, 0.5) is 0 Å². The molecule has 0 unspecified atom stereocenters. The van der Waals surface area contributed by atoms with E-state index in [-0.39, 0.29) is 5.92 Å². The lowest BCUT2D eigenvalue weighted by Crippen LogP contribution is -2.04. The maximum Gasteiger partial charge on any atom is 0.234 e. The summed E-state index contributed by atoms with van der Waals surface area (Å²) >= 11 is 1.43. The van der Waals surface area contributed by atoms with Crippen molar-refractivity contribution in [3.05, 3.63) is 16.4 Å². The highest BCUT2D eigenvalue weighted by molar-refractivity contribution is 7.13. The molecule has 2 aromatic heterocycles. The number of aryl methyl sites for hydroxylation is 1. The van der Waals surface area contributed by atoms with E-state index < -0.39 is 0 Å². The molecule has 2 heterocycles. The zero-order valence-corrected chi connectivity index (χ0v) is 9.99. The number of hydrogen-bond acceptors (Lipinski definition) is 6. The minimum atomic E-state index is 0.161. The van der Waals surface area contributed by atoms with Gasteiger partial charge in [-0.2, -0.15) is 9.94 Å². The van der Waals surface area contributed by atoms with Crippen molar-refractivity contribution in [3.63, 3.8) is 0 Å². The molecule has 82 valence electrons. The summed E-state index contributed by atoms with van der Waals surface area (Å²) in [5.41, 5.74) is 1.13. The molecule has 0 bridgehead atoms. The van der Waals surface area contributed by atoms with Crippen molar-refractivity contribution in [1.82, 2.24) is 25.2 Å². The summed E-state index contributed by atoms with van der Waals surface area (Å²) in [4.78, 5) is 0. The van der Waals surface area contributed by atoms with Crippen LogP contribution in [0.25, 0.3) is 5.13 Å². The van der Waals surface area contributed by atoms with E-state index in [0.29, 0.717) is 10.8 Å². The molecule has 2 aromatic rings. The van der Waals surface area contributed by atoms with Gasteiger partial charge in [0.2, 0.25) is 5.13 Å². The monoisotopic (exact) mass is 234 g/mol. The smallest absolute Gasteiger partial charge is 0.191 e. The molecule has 0 fully saturated rings. The maximum atomic E-state index is 8.93. The molecule has 0 saturated carbocycles. The third-order valence-electron chi connectivity index (χ3n) is 2.05. The normalized spacial score (nSPS) is 10.7. The predicted octanol–water partition coefficient (Wildman–Crippen LogP) is 1.42. The quantitative estimate of drug-likeness (QED) is 0.785. The zero-order chi connectivity index (χ0) is 11.7. The largest absolute Gasteiger partial charge is 0.234 e. The molecular formula is C9H10N6S. The predicted molar refractivity (Wildman–Crippen MR) is 58.4 cm³/mol. The Morgan fingerprint density at radius 3 is 2.56 bits per heavy atom. The molecule has 0 aromatic carbocycles. The van der Waals surface area contributed by atoms with Crippen molar-refractivity contribution >= 4 is 11.3 Å². The van der Waals surface area contributed by atoms with Crippen LogP contribution in [0.1, 0.15) is 36.2 Å². The highest BCUT2D eigenvalue weighted by atomic mass is 32.1. The van der Waals surface area contributed by atoms with Crippen LogP contribution in [-0.2, 0) is 0 Å². The Hall–Kier alpha value is -1.81. The second-order valence-electron chi connectivity index (χ2n) is 3.61. The van der Waals surface area contributed by atoms with Crippen LogP contribution in [0, 0.1) is 18.3 Å². The van der Waals surface area contributed by atoms with Gasteiger partial charge in [0, 0.05) is 0 Å². The molecule has 0 aliphatic carbocycles. The highest BCUT2D eigenvalue weighted by Gasteiger charge is 2.19. The van der Waals surface area contributed by atoms with E-state index in [1.54, 1.807) is 4.68 Å². The molecule has 0 atom stereocenters. The number of nitrogens with zero attached hydrogens (tertiary/aromatic N) is 6. The van der Waals surface area contributed by atoms with E-state index >= 15 is 0 Å². The number of rotatable bonds is 2. The van der Waals surface area contributed by atoms with E-state index in [1.165, 1.54) is 11.3 Å². The molecule has 6 nitrogen and oxygen atoms in total. The van der Waals surface area contributed by atoms with Gasteiger partial charge < -0.3 is 0 Å². The van der Waals surface area contributed by atoms with Crippen molar-refractivity contribution in [2.45, 2.75) is 26.7 Å². The average molecular weight is 234 g/mol. The SMILES string of the molecule is Cc1nnc(-n2nnc(C#N)c2C(C)C)s1. The Morgan fingerprint density at radius 1 is 1.31 bits per heavy atom. The Balaban J connectivity index is 2.58. The summed E-state index contributed by atoms with van der Waals surface area (Å²) in [5.74, 6) is 0.161. The van der Waals surface area contributed by atoms with Crippen LogP contribution in [0.15, 0.2) is 0 Å². The van der Waals surface area contributed by atoms with Gasteiger partial charge in [-0.05, 0) is 12.8 Å². The average Bonchev–Trinajstić information content (AvgIpc) is 2.82. The lowest BCUT2D eigenvalue weighted by molar-refractivity contribution is 0.705. The third-order valence-corrected chi connectivity index (χ3v) is 2.87. The lowest BCUT2D eigenvalue weighted by atomic mass is 10.1. The van der Waals surface area contributed by atoms with Gasteiger partial charge in [-0.1, -0.05) is 30.4 Å². The molecule has 7 heteroatoms. The first-order chi connectivity index (χ1) is 7.63. The van der Waals surface area contributed by atoms with Gasteiger partial charge >= 0.3 is 0 Å². The fourth-order valence-corrected chi connectivity index (χ4v) is 2.05. The van der Waals surface area contributed by atoms with Crippen molar-refractivity contribution in [2.24, 2.45) is 0 Å². The molecular weight excluding hydrogens is 224 g/mol. The Kier molecular flexibility index (Phi) is 2.66. The van der Waals surface area contributed by atoms with Crippen LogP contribution in [-0.4, -0.2) is 25.2 Å². The van der Waals surface area contributed by atoms with Gasteiger partial charge in [-0.15, -0.1) is 15.3 Å². The molecule has 0 amide bonds. The standard InChI is InChI=1S/C9H10N6S/c1-5(2)8-7(4-10)12-14-15(8)9-13-11-6(3)16-9/h5H,1-3H3. The summed E-state index contributed by atoms with van der Waals surface area (Å²) in [7, 11) is 0. The second-order valence-corrected chi connectivity index (χ2v) is 4.77. The van der Waals surface area contributed by atoms with Gasteiger partial charge in [0.05, 0.1) is 5.69 Å². The van der Waals surface area contributed by atoms with Crippen molar-refractivity contribution < 1.29 is 0 Å². The topological polar surface area (TPSA) is 80.3 Å². The summed E-state index contributed by atoms with van der Waals surface area (Å²) in [6.45, 7) is 5.85. The van der Waals surface area contributed by atoms with E-state index in [9.17, 15) is 0 Å². The Morgan fingerprint density at radius 2 is 2.06 bits per heavy atom. The van der Waals surface area contributed by atoms with Gasteiger partial charge in [0.1, 0.15) is 11.1 Å². The van der Waals surface area contributed by atoms with Crippen LogP contribution in [0.3, 0.4) is 0 Å². The molecule has 16 heavy (non-hydrogen) atoms. The highest BCUT2D eigenvalue weighted by Crippen LogP contribution is 2.22. The number of nitriles is 1. The van der Waals surface area contributed by atoms with Crippen molar-refractivity contribution in [1.29, 1.82) is 5.26 Å². The summed E-state index contributed by atoms with van der Waals surface area (Å²) in [6.07, 6.45) is 0. The number of aromatic nitrogens is 5. The van der Waals surface area contributed by atoms with Crippen LogP contribution in [0.5, 0.6) is 0 Å². The molecule has 0 aliphatic heterocycles. The molecule has 0 aliphatic rings. The summed E-state index contributed by atoms with van der Waals surface area (Å²) in [5, 5.41) is 26.1. The minimum absolute atomic E-state index is 0.161.